The van der Waals surface area contributed by atoms with Gasteiger partial charge in [-0.25, -0.2) is 4.79 Å². The van der Waals surface area contributed by atoms with Gasteiger partial charge in [-0.05, 0) is 37.8 Å². The number of carbonyl (C=O) groups excluding carboxylic acids is 1. The third kappa shape index (κ3) is 3.28. The van der Waals surface area contributed by atoms with E-state index < -0.39 is 11.6 Å². The van der Waals surface area contributed by atoms with E-state index >= 15 is 0 Å². The molecule has 23 heavy (non-hydrogen) atoms. The monoisotopic (exact) mass is 314 g/mol. The van der Waals surface area contributed by atoms with Crippen LogP contribution in [0.4, 0.5) is 0 Å². The minimum Gasteiger partial charge on any atom is -0.465 e. The standard InChI is InChI=1S/C20H26O3/c1-14-8-9-16(17(13-14)18(21)23-5)10-12-20(22)15(2)7-6-11-19(20,3)4/h8-9,13,15,22H,6-7,11H2,1-5H3. The molecule has 0 amide bonds. The van der Waals surface area contributed by atoms with Crippen LogP contribution < -0.4 is 0 Å². The molecule has 1 aliphatic carbocycles. The highest BCUT2D eigenvalue weighted by Gasteiger charge is 2.48. The Bertz CT molecular complexity index is 663. The predicted molar refractivity (Wildman–Crippen MR) is 91.1 cm³/mol. The quantitative estimate of drug-likeness (QED) is 0.635. The van der Waals surface area contributed by atoms with Crippen LogP contribution in [0.1, 0.15) is 61.5 Å². The fraction of sp³-hybridized carbons (Fsp3) is 0.550. The molecule has 0 heterocycles. The van der Waals surface area contributed by atoms with Crippen molar-refractivity contribution in [2.75, 3.05) is 7.11 Å². The van der Waals surface area contributed by atoms with Gasteiger partial charge in [-0.15, -0.1) is 0 Å². The molecule has 2 unspecified atom stereocenters. The number of esters is 1. The Morgan fingerprint density at radius 3 is 2.70 bits per heavy atom. The molecule has 124 valence electrons. The maximum Gasteiger partial charge on any atom is 0.339 e. The van der Waals surface area contributed by atoms with Crippen molar-refractivity contribution in [3.8, 4) is 11.8 Å². The molecule has 1 N–H and O–H groups in total. The first-order chi connectivity index (χ1) is 10.7. The zero-order valence-corrected chi connectivity index (χ0v) is 14.7. The van der Waals surface area contributed by atoms with Gasteiger partial charge in [0.1, 0.15) is 5.60 Å². The van der Waals surface area contributed by atoms with E-state index in [0.29, 0.717) is 11.1 Å². The summed E-state index contributed by atoms with van der Waals surface area (Å²) in [6.07, 6.45) is 3.02. The number of hydrogen-bond donors (Lipinski definition) is 1. The average molecular weight is 314 g/mol. The smallest absolute Gasteiger partial charge is 0.339 e. The summed E-state index contributed by atoms with van der Waals surface area (Å²) in [4.78, 5) is 12.0. The zero-order valence-electron chi connectivity index (χ0n) is 14.7. The summed E-state index contributed by atoms with van der Waals surface area (Å²) in [5.41, 5.74) is 0.701. The number of rotatable bonds is 1. The van der Waals surface area contributed by atoms with E-state index in [2.05, 4.69) is 25.7 Å². The van der Waals surface area contributed by atoms with Crippen LogP contribution in [-0.4, -0.2) is 23.8 Å². The highest BCUT2D eigenvalue weighted by molar-refractivity contribution is 5.92. The lowest BCUT2D eigenvalue weighted by Gasteiger charge is -2.47. The Hall–Kier alpha value is -1.79. The first-order valence-electron chi connectivity index (χ1n) is 8.16. The molecule has 1 aromatic rings. The number of benzene rings is 1. The van der Waals surface area contributed by atoms with Crippen molar-refractivity contribution in [1.29, 1.82) is 0 Å². The van der Waals surface area contributed by atoms with E-state index in [9.17, 15) is 9.90 Å². The lowest BCUT2D eigenvalue weighted by molar-refractivity contribution is -0.0860. The fourth-order valence-corrected chi connectivity index (χ4v) is 3.42. The van der Waals surface area contributed by atoms with E-state index in [1.54, 1.807) is 6.07 Å². The fourth-order valence-electron chi connectivity index (χ4n) is 3.42. The number of aliphatic hydroxyl groups is 1. The van der Waals surface area contributed by atoms with Crippen molar-refractivity contribution in [3.05, 3.63) is 34.9 Å². The minimum atomic E-state index is -1.05. The Morgan fingerprint density at radius 1 is 1.39 bits per heavy atom. The Labute approximate surface area is 139 Å². The minimum absolute atomic E-state index is 0.103. The van der Waals surface area contributed by atoms with E-state index in [-0.39, 0.29) is 11.3 Å². The second-order valence-corrected chi connectivity index (χ2v) is 7.23. The van der Waals surface area contributed by atoms with Gasteiger partial charge in [0.15, 0.2) is 0 Å². The van der Waals surface area contributed by atoms with Crippen LogP contribution in [-0.2, 0) is 4.74 Å². The Morgan fingerprint density at radius 2 is 2.09 bits per heavy atom. The van der Waals surface area contributed by atoms with Crippen LogP contribution in [0.3, 0.4) is 0 Å². The van der Waals surface area contributed by atoms with E-state index in [1.165, 1.54) is 7.11 Å². The zero-order chi connectivity index (χ0) is 17.3. The van der Waals surface area contributed by atoms with Gasteiger partial charge in [-0.1, -0.05) is 50.7 Å². The summed E-state index contributed by atoms with van der Waals surface area (Å²) in [5.74, 6) is 5.84. The van der Waals surface area contributed by atoms with E-state index in [0.717, 1.165) is 24.8 Å². The van der Waals surface area contributed by atoms with Gasteiger partial charge in [0.05, 0.1) is 12.7 Å². The highest BCUT2D eigenvalue weighted by atomic mass is 16.5. The maximum atomic E-state index is 12.0. The molecule has 3 nitrogen and oxygen atoms in total. The van der Waals surface area contributed by atoms with Crippen molar-refractivity contribution in [2.24, 2.45) is 11.3 Å². The lowest BCUT2D eigenvalue weighted by atomic mass is 9.61. The first kappa shape index (κ1) is 17.6. The van der Waals surface area contributed by atoms with Crippen molar-refractivity contribution < 1.29 is 14.6 Å². The van der Waals surface area contributed by atoms with Gasteiger partial charge in [0.2, 0.25) is 0 Å². The van der Waals surface area contributed by atoms with Gasteiger partial charge >= 0.3 is 5.97 Å². The Balaban J connectivity index is 2.47. The maximum absolute atomic E-state index is 12.0. The second-order valence-electron chi connectivity index (χ2n) is 7.23. The van der Waals surface area contributed by atoms with Crippen molar-refractivity contribution >= 4 is 5.97 Å². The van der Waals surface area contributed by atoms with Crippen LogP contribution in [0.25, 0.3) is 0 Å². The van der Waals surface area contributed by atoms with Crippen LogP contribution in [0.2, 0.25) is 0 Å². The van der Waals surface area contributed by atoms with Crippen LogP contribution in [0.5, 0.6) is 0 Å². The topological polar surface area (TPSA) is 46.5 Å². The number of aryl methyl sites for hydroxylation is 1. The number of ether oxygens (including phenoxy) is 1. The highest BCUT2D eigenvalue weighted by Crippen LogP contribution is 2.46. The van der Waals surface area contributed by atoms with E-state index in [4.69, 9.17) is 4.74 Å². The SMILES string of the molecule is COC(=O)c1cc(C)ccc1C#CC1(O)C(C)CCCC1(C)C. The normalized spacial score (nSPS) is 26.1. The summed E-state index contributed by atoms with van der Waals surface area (Å²) >= 11 is 0. The summed E-state index contributed by atoms with van der Waals surface area (Å²) < 4.78 is 4.84. The third-order valence-electron chi connectivity index (χ3n) is 5.15. The molecule has 0 aromatic heterocycles. The molecule has 1 aliphatic rings. The predicted octanol–water partition coefficient (Wildman–Crippen LogP) is 3.71. The summed E-state index contributed by atoms with van der Waals surface area (Å²) in [7, 11) is 1.36. The van der Waals surface area contributed by atoms with Gasteiger partial charge in [-0.3, -0.25) is 0 Å². The van der Waals surface area contributed by atoms with E-state index in [1.807, 2.05) is 26.0 Å². The molecule has 1 aromatic carbocycles. The summed E-state index contributed by atoms with van der Waals surface area (Å²) in [5, 5.41) is 11.2. The summed E-state index contributed by atoms with van der Waals surface area (Å²) in [6.45, 7) is 8.09. The molecule has 2 rings (SSSR count). The molecule has 2 atom stereocenters. The van der Waals surface area contributed by atoms with Crippen LogP contribution in [0.15, 0.2) is 18.2 Å². The molecule has 0 bridgehead atoms. The molecule has 1 fully saturated rings. The van der Waals surface area contributed by atoms with Gasteiger partial charge in [-0.2, -0.15) is 0 Å². The molecular formula is C20H26O3. The second kappa shape index (κ2) is 6.37. The van der Waals surface area contributed by atoms with Gasteiger partial charge in [0.25, 0.3) is 0 Å². The van der Waals surface area contributed by atoms with Gasteiger partial charge < -0.3 is 9.84 Å². The molecule has 3 heteroatoms. The Kier molecular flexibility index (Phi) is 4.87. The summed E-state index contributed by atoms with van der Waals surface area (Å²) in [6, 6.07) is 5.50. The number of hydrogen-bond acceptors (Lipinski definition) is 3. The molecule has 0 radical (unpaired) electrons. The lowest BCUT2D eigenvalue weighted by Crippen LogP contribution is -2.51. The number of methoxy groups -OCH3 is 1. The molecule has 0 spiro atoms. The van der Waals surface area contributed by atoms with Gasteiger partial charge in [0, 0.05) is 11.0 Å². The van der Waals surface area contributed by atoms with Crippen molar-refractivity contribution in [1.82, 2.24) is 0 Å². The molecule has 0 aliphatic heterocycles. The van der Waals surface area contributed by atoms with Crippen molar-refractivity contribution in [3.63, 3.8) is 0 Å². The van der Waals surface area contributed by atoms with Crippen LogP contribution in [0, 0.1) is 30.1 Å². The number of carbonyl (C=O) groups is 1. The van der Waals surface area contributed by atoms with Crippen LogP contribution >= 0.6 is 0 Å². The first-order valence-corrected chi connectivity index (χ1v) is 8.16. The van der Waals surface area contributed by atoms with Crippen molar-refractivity contribution in [2.45, 2.75) is 52.6 Å². The largest absolute Gasteiger partial charge is 0.465 e. The molecule has 0 saturated heterocycles. The third-order valence-corrected chi connectivity index (χ3v) is 5.15. The average Bonchev–Trinajstić information content (AvgIpc) is 2.50. The molecular weight excluding hydrogens is 288 g/mol. The molecule has 1 saturated carbocycles.